The molecule has 0 fully saturated rings. The summed E-state index contributed by atoms with van der Waals surface area (Å²) >= 11 is 0. The van der Waals surface area contributed by atoms with Crippen molar-refractivity contribution < 1.29 is 52.4 Å². The summed E-state index contributed by atoms with van der Waals surface area (Å²) in [5.74, 6) is -4.12. The van der Waals surface area contributed by atoms with Crippen LogP contribution in [0.4, 0.5) is 0 Å². The number of rotatable bonds is 3. The molecule has 6 nitrogen and oxygen atoms in total. The van der Waals surface area contributed by atoms with Crippen LogP contribution in [-0.2, 0) is 32.0 Å². The molecule has 1 radical (unpaired) electrons. The van der Waals surface area contributed by atoms with E-state index in [2.05, 4.69) is 0 Å². The van der Waals surface area contributed by atoms with Crippen LogP contribution in [0.25, 0.3) is 0 Å². The third kappa shape index (κ3) is 4.12. The summed E-state index contributed by atoms with van der Waals surface area (Å²) < 4.78 is 0. The standard InChI is InChI=1S/C4H6O6.Nb/c5-1(3(7)8)2(6)4(9)10;/h1-2,5-6H,(H,7,8)(H,9,10);/q;+2/p-2. The number of carboxylic acids is 2. The third-order valence-corrected chi connectivity index (χ3v) is 0.782. The maximum atomic E-state index is 9.63. The molecule has 0 rings (SSSR count). The number of aliphatic hydroxyl groups excluding tert-OH is 2. The Morgan fingerprint density at radius 2 is 1.18 bits per heavy atom. The van der Waals surface area contributed by atoms with Crippen LogP contribution in [-0.4, -0.2) is 34.4 Å². The number of carboxylic acid groups (broad SMARTS) is 2. The van der Waals surface area contributed by atoms with E-state index >= 15 is 0 Å². The first-order valence-corrected chi connectivity index (χ1v) is 2.24. The molecule has 61 valence electrons. The van der Waals surface area contributed by atoms with Gasteiger partial charge in [-0.15, -0.1) is 0 Å². The number of hydrogen-bond donors (Lipinski definition) is 2. The topological polar surface area (TPSA) is 121 Å². The zero-order valence-electron chi connectivity index (χ0n) is 5.13. The smallest absolute Gasteiger partial charge is 0.547 e. The first-order valence-electron chi connectivity index (χ1n) is 2.24. The van der Waals surface area contributed by atoms with Gasteiger partial charge in [-0.2, -0.15) is 0 Å². The first-order chi connectivity index (χ1) is 4.46. The molecule has 0 aromatic rings. The van der Waals surface area contributed by atoms with Crippen molar-refractivity contribution in [1.82, 2.24) is 0 Å². The fraction of sp³-hybridized carbons (Fsp3) is 0.500. The summed E-state index contributed by atoms with van der Waals surface area (Å²) in [6, 6.07) is 0. The van der Waals surface area contributed by atoms with Gasteiger partial charge in [0.1, 0.15) is 12.2 Å². The number of carbonyl (C=O) groups excluding carboxylic acids is 2. The van der Waals surface area contributed by atoms with E-state index in [1.165, 1.54) is 0 Å². The summed E-state index contributed by atoms with van der Waals surface area (Å²) in [7, 11) is 0. The fourth-order valence-electron chi connectivity index (χ4n) is 0.258. The van der Waals surface area contributed by atoms with Crippen LogP contribution in [0.1, 0.15) is 0 Å². The van der Waals surface area contributed by atoms with Crippen molar-refractivity contribution in [3.8, 4) is 0 Å². The average molecular weight is 241 g/mol. The van der Waals surface area contributed by atoms with Gasteiger partial charge in [0, 0.05) is 0 Å². The summed E-state index contributed by atoms with van der Waals surface area (Å²) in [5.41, 5.74) is 0. The Morgan fingerprint density at radius 1 is 1.00 bits per heavy atom. The summed E-state index contributed by atoms with van der Waals surface area (Å²) in [4.78, 5) is 19.3. The zero-order valence-corrected chi connectivity index (χ0v) is 7.33. The molecule has 7 heteroatoms. The number of hydrogen-bond acceptors (Lipinski definition) is 6. The Hall–Kier alpha value is -0.400. The molecule has 0 spiro atoms. The van der Waals surface area contributed by atoms with Crippen molar-refractivity contribution in [2.24, 2.45) is 0 Å². The normalized spacial score (nSPS) is 14.4. The molecule has 2 atom stereocenters. The van der Waals surface area contributed by atoms with Gasteiger partial charge in [0.15, 0.2) is 0 Å². The fourth-order valence-corrected chi connectivity index (χ4v) is 0.258. The second kappa shape index (κ2) is 5.28. The molecule has 11 heavy (non-hydrogen) atoms. The third-order valence-electron chi connectivity index (χ3n) is 0.782. The molecule has 0 aromatic carbocycles. The molecule has 2 unspecified atom stereocenters. The predicted octanol–water partition coefficient (Wildman–Crippen LogP) is -4.79. The van der Waals surface area contributed by atoms with Crippen LogP contribution >= 0.6 is 0 Å². The minimum Gasteiger partial charge on any atom is -0.547 e. The van der Waals surface area contributed by atoms with Gasteiger partial charge in [-0.3, -0.25) is 0 Å². The van der Waals surface area contributed by atoms with Gasteiger partial charge in [-0.05, 0) is 0 Å². The molecule has 0 saturated heterocycles. The van der Waals surface area contributed by atoms with E-state index in [0.717, 1.165) is 0 Å². The molecule has 0 bridgehead atoms. The molecule has 0 aliphatic heterocycles. The first kappa shape index (κ1) is 13.2. The van der Waals surface area contributed by atoms with E-state index in [0.29, 0.717) is 0 Å². The van der Waals surface area contributed by atoms with Gasteiger partial charge in [-0.1, -0.05) is 0 Å². The molecule has 0 heterocycles. The van der Waals surface area contributed by atoms with Crippen molar-refractivity contribution in [2.45, 2.75) is 12.2 Å². The van der Waals surface area contributed by atoms with Crippen LogP contribution in [0.2, 0.25) is 0 Å². The summed E-state index contributed by atoms with van der Waals surface area (Å²) in [6.45, 7) is 0. The Balaban J connectivity index is 0. The molecule has 0 aromatic heterocycles. The van der Waals surface area contributed by atoms with Crippen molar-refractivity contribution in [1.29, 1.82) is 0 Å². The quantitative estimate of drug-likeness (QED) is 0.478. The van der Waals surface area contributed by atoms with E-state index in [-0.39, 0.29) is 22.4 Å². The maximum absolute atomic E-state index is 9.63. The molecule has 0 aliphatic carbocycles. The second-order valence-electron chi connectivity index (χ2n) is 1.53. The van der Waals surface area contributed by atoms with Gasteiger partial charge in [-0.25, -0.2) is 0 Å². The van der Waals surface area contributed by atoms with Gasteiger partial charge in [0.2, 0.25) is 0 Å². The molecule has 0 amide bonds. The molecular weight excluding hydrogens is 237 g/mol. The van der Waals surface area contributed by atoms with Crippen LogP contribution in [0.5, 0.6) is 0 Å². The Bertz CT molecular complexity index is 139. The van der Waals surface area contributed by atoms with E-state index < -0.39 is 24.1 Å². The van der Waals surface area contributed by atoms with Crippen molar-refractivity contribution in [3.05, 3.63) is 0 Å². The van der Waals surface area contributed by atoms with Gasteiger partial charge in [0.25, 0.3) is 0 Å². The van der Waals surface area contributed by atoms with E-state index in [9.17, 15) is 19.8 Å². The number of aliphatic hydroxyl groups is 2. The molecule has 0 saturated carbocycles. The average Bonchev–Trinajstić information content (AvgIpc) is 1.84. The summed E-state index contributed by atoms with van der Waals surface area (Å²) in [6.07, 6.45) is -4.88. The molecule has 0 aliphatic rings. The SMILES string of the molecule is O=C([O-])C(O)C(O)C(=O)[O-].[Nb+2]. The van der Waals surface area contributed by atoms with Crippen LogP contribution in [0.3, 0.4) is 0 Å². The monoisotopic (exact) mass is 241 g/mol. The van der Waals surface area contributed by atoms with Gasteiger partial charge >= 0.3 is 22.4 Å². The van der Waals surface area contributed by atoms with Crippen LogP contribution in [0, 0.1) is 0 Å². The minimum absolute atomic E-state index is 0. The Labute approximate surface area is 77.0 Å². The number of carbonyl (C=O) groups is 2. The van der Waals surface area contributed by atoms with Gasteiger partial charge < -0.3 is 30.0 Å². The zero-order chi connectivity index (χ0) is 8.31. The second-order valence-corrected chi connectivity index (χ2v) is 1.53. The Morgan fingerprint density at radius 3 is 1.27 bits per heavy atom. The van der Waals surface area contributed by atoms with Crippen molar-refractivity contribution >= 4 is 11.9 Å². The van der Waals surface area contributed by atoms with Crippen LogP contribution < -0.4 is 10.2 Å². The maximum Gasteiger partial charge on any atom is 2.00 e. The minimum atomic E-state index is -2.44. The predicted molar refractivity (Wildman–Crippen MR) is 22.0 cm³/mol. The van der Waals surface area contributed by atoms with Crippen LogP contribution in [0.15, 0.2) is 0 Å². The molecule has 2 N–H and O–H groups in total. The van der Waals surface area contributed by atoms with E-state index in [1.807, 2.05) is 0 Å². The Kier molecular flexibility index (Phi) is 6.34. The molecular formula is C4H4NbO6. The number of aliphatic carboxylic acids is 2. The summed E-state index contributed by atoms with van der Waals surface area (Å²) in [5, 5.41) is 35.7. The van der Waals surface area contributed by atoms with Crippen molar-refractivity contribution in [2.75, 3.05) is 0 Å². The van der Waals surface area contributed by atoms with E-state index in [4.69, 9.17) is 10.2 Å². The van der Waals surface area contributed by atoms with E-state index in [1.54, 1.807) is 0 Å². The van der Waals surface area contributed by atoms with Crippen molar-refractivity contribution in [3.63, 3.8) is 0 Å². The largest absolute Gasteiger partial charge is 2.00 e. The van der Waals surface area contributed by atoms with Gasteiger partial charge in [0.05, 0.1) is 11.9 Å².